The zero-order valence-electron chi connectivity index (χ0n) is 15.7. The zero-order valence-corrected chi connectivity index (χ0v) is 18.0. The zero-order chi connectivity index (χ0) is 17.4. The fraction of sp³-hybridized carbons (Fsp3) is 0.611. The van der Waals surface area contributed by atoms with Crippen LogP contribution in [0.1, 0.15) is 32.8 Å². The van der Waals surface area contributed by atoms with E-state index in [0.29, 0.717) is 19.4 Å². The largest absolute Gasteiger partial charge is 0.454 e. The van der Waals surface area contributed by atoms with Gasteiger partial charge in [0.2, 0.25) is 6.79 Å². The molecule has 0 saturated carbocycles. The Morgan fingerprint density at radius 2 is 2.00 bits per heavy atom. The normalized spacial score (nSPS) is 14.2. The Bertz CT molecular complexity index is 554. The van der Waals surface area contributed by atoms with Gasteiger partial charge in [-0.2, -0.15) is 0 Å². The van der Waals surface area contributed by atoms with E-state index in [1.807, 2.05) is 18.2 Å². The van der Waals surface area contributed by atoms with E-state index in [9.17, 15) is 0 Å². The molecule has 2 N–H and O–H groups in total. The third-order valence-electron chi connectivity index (χ3n) is 4.30. The van der Waals surface area contributed by atoms with Crippen LogP contribution < -0.4 is 20.1 Å². The maximum absolute atomic E-state index is 5.41. The van der Waals surface area contributed by atoms with Gasteiger partial charge in [-0.25, -0.2) is 4.99 Å². The Kier molecular flexibility index (Phi) is 9.96. The summed E-state index contributed by atoms with van der Waals surface area (Å²) >= 11 is 0. The first-order valence-corrected chi connectivity index (χ1v) is 8.75. The van der Waals surface area contributed by atoms with Crippen molar-refractivity contribution in [1.82, 2.24) is 15.5 Å². The molecule has 0 radical (unpaired) electrons. The number of hydrogen-bond acceptors (Lipinski definition) is 4. The highest BCUT2D eigenvalue weighted by Gasteiger charge is 2.13. The quantitative estimate of drug-likeness (QED) is 0.354. The first-order chi connectivity index (χ1) is 11.6. The van der Waals surface area contributed by atoms with E-state index in [1.165, 1.54) is 0 Å². The molecule has 1 aliphatic rings. The fourth-order valence-corrected chi connectivity index (χ4v) is 2.43. The van der Waals surface area contributed by atoms with Gasteiger partial charge >= 0.3 is 0 Å². The molecule has 0 spiro atoms. The molecule has 142 valence electrons. The SMILES string of the molecule is CCNC(=NCc1ccc2c(c1)OCO2)NCCN(C)C(C)CC.I. The van der Waals surface area contributed by atoms with E-state index < -0.39 is 0 Å². The van der Waals surface area contributed by atoms with Gasteiger partial charge in [-0.3, -0.25) is 0 Å². The average molecular weight is 462 g/mol. The van der Waals surface area contributed by atoms with Gasteiger partial charge in [0.25, 0.3) is 0 Å². The minimum absolute atomic E-state index is 0. The third-order valence-corrected chi connectivity index (χ3v) is 4.30. The van der Waals surface area contributed by atoms with Gasteiger partial charge in [0, 0.05) is 25.7 Å². The van der Waals surface area contributed by atoms with Gasteiger partial charge in [-0.15, -0.1) is 24.0 Å². The van der Waals surface area contributed by atoms with Crippen LogP contribution in [-0.2, 0) is 6.54 Å². The van der Waals surface area contributed by atoms with Crippen LogP contribution in [0.3, 0.4) is 0 Å². The second kappa shape index (κ2) is 11.4. The number of ether oxygens (including phenoxy) is 2. The van der Waals surface area contributed by atoms with Gasteiger partial charge < -0.3 is 25.0 Å². The van der Waals surface area contributed by atoms with Gasteiger partial charge in [0.15, 0.2) is 17.5 Å². The van der Waals surface area contributed by atoms with Crippen LogP contribution in [0.2, 0.25) is 0 Å². The van der Waals surface area contributed by atoms with E-state index in [2.05, 4.69) is 48.3 Å². The van der Waals surface area contributed by atoms with Crippen LogP contribution in [0.25, 0.3) is 0 Å². The summed E-state index contributed by atoms with van der Waals surface area (Å²) in [5, 5.41) is 6.68. The first kappa shape index (κ1) is 21.8. The number of nitrogens with zero attached hydrogens (tertiary/aromatic N) is 2. The highest BCUT2D eigenvalue weighted by molar-refractivity contribution is 14.0. The molecule has 25 heavy (non-hydrogen) atoms. The lowest BCUT2D eigenvalue weighted by Gasteiger charge is -2.24. The number of nitrogens with one attached hydrogen (secondary N) is 2. The summed E-state index contributed by atoms with van der Waals surface area (Å²) in [6.45, 7) is 10.1. The lowest BCUT2D eigenvalue weighted by atomic mass is 10.2. The molecule has 7 heteroatoms. The second-order valence-corrected chi connectivity index (χ2v) is 6.05. The van der Waals surface area contributed by atoms with E-state index in [4.69, 9.17) is 9.47 Å². The van der Waals surface area contributed by atoms with Crippen molar-refractivity contribution in [3.8, 4) is 11.5 Å². The molecule has 1 aliphatic heterocycles. The smallest absolute Gasteiger partial charge is 0.231 e. The number of halogens is 1. The standard InChI is InChI=1S/C18H30N4O2.HI/c1-5-14(3)22(4)10-9-20-18(19-6-2)21-12-15-7-8-16-17(11-15)24-13-23-16;/h7-8,11,14H,5-6,9-10,12-13H2,1-4H3,(H2,19,20,21);1H. The predicted molar refractivity (Wildman–Crippen MR) is 113 cm³/mol. The highest BCUT2D eigenvalue weighted by Crippen LogP contribution is 2.32. The number of likely N-dealkylation sites (N-methyl/N-ethyl adjacent to an activating group) is 1. The fourth-order valence-electron chi connectivity index (χ4n) is 2.43. The minimum Gasteiger partial charge on any atom is -0.454 e. The van der Waals surface area contributed by atoms with Gasteiger partial charge in [-0.05, 0) is 45.0 Å². The first-order valence-electron chi connectivity index (χ1n) is 8.75. The van der Waals surface area contributed by atoms with Crippen LogP contribution in [0.5, 0.6) is 11.5 Å². The van der Waals surface area contributed by atoms with Gasteiger partial charge in [-0.1, -0.05) is 13.0 Å². The Hall–Kier alpha value is -1.22. The molecule has 2 rings (SSSR count). The van der Waals surface area contributed by atoms with Crippen molar-refractivity contribution >= 4 is 29.9 Å². The van der Waals surface area contributed by atoms with Crippen molar-refractivity contribution in [2.24, 2.45) is 4.99 Å². The summed E-state index contributed by atoms with van der Waals surface area (Å²) in [6.07, 6.45) is 1.16. The van der Waals surface area contributed by atoms with Crippen molar-refractivity contribution in [3.63, 3.8) is 0 Å². The molecule has 1 aromatic carbocycles. The molecule has 0 fully saturated rings. The van der Waals surface area contributed by atoms with Crippen molar-refractivity contribution in [2.75, 3.05) is 33.5 Å². The monoisotopic (exact) mass is 462 g/mol. The third kappa shape index (κ3) is 6.89. The summed E-state index contributed by atoms with van der Waals surface area (Å²) in [5.74, 6) is 2.45. The van der Waals surface area contributed by atoms with Crippen molar-refractivity contribution < 1.29 is 9.47 Å². The lowest BCUT2D eigenvalue weighted by molar-refractivity contribution is 0.174. The molecule has 1 aromatic rings. The molecule has 0 bridgehead atoms. The van der Waals surface area contributed by atoms with E-state index in [0.717, 1.165) is 49.1 Å². The van der Waals surface area contributed by atoms with Crippen LogP contribution in [0.4, 0.5) is 0 Å². The highest BCUT2D eigenvalue weighted by atomic mass is 127. The summed E-state index contributed by atoms with van der Waals surface area (Å²) in [4.78, 5) is 7.01. The van der Waals surface area contributed by atoms with Crippen molar-refractivity contribution in [1.29, 1.82) is 0 Å². The molecule has 1 heterocycles. The molecule has 0 aromatic heterocycles. The number of rotatable bonds is 8. The number of hydrogen-bond donors (Lipinski definition) is 2. The van der Waals surface area contributed by atoms with E-state index >= 15 is 0 Å². The summed E-state index contributed by atoms with van der Waals surface area (Å²) in [7, 11) is 2.16. The van der Waals surface area contributed by atoms with Crippen LogP contribution in [0.15, 0.2) is 23.2 Å². The topological polar surface area (TPSA) is 58.1 Å². The second-order valence-electron chi connectivity index (χ2n) is 6.05. The predicted octanol–water partition coefficient (Wildman–Crippen LogP) is 2.82. The molecule has 0 saturated heterocycles. The maximum atomic E-state index is 5.41. The van der Waals surface area contributed by atoms with Crippen molar-refractivity contribution in [2.45, 2.75) is 39.8 Å². The van der Waals surface area contributed by atoms with Crippen molar-refractivity contribution in [3.05, 3.63) is 23.8 Å². The Balaban J connectivity index is 0.00000312. The Morgan fingerprint density at radius 3 is 2.72 bits per heavy atom. The molecule has 1 atom stereocenters. The van der Waals surface area contributed by atoms with Crippen LogP contribution >= 0.6 is 24.0 Å². The number of fused-ring (bicyclic) bond motifs is 1. The molecule has 0 aliphatic carbocycles. The van der Waals surface area contributed by atoms with Gasteiger partial charge in [0.05, 0.1) is 6.54 Å². The summed E-state index contributed by atoms with van der Waals surface area (Å²) in [5.41, 5.74) is 1.10. The van der Waals surface area contributed by atoms with Crippen LogP contribution in [-0.4, -0.2) is 50.4 Å². The molecule has 6 nitrogen and oxygen atoms in total. The number of guanidine groups is 1. The average Bonchev–Trinajstić information content (AvgIpc) is 3.06. The minimum atomic E-state index is 0. The van der Waals surface area contributed by atoms with E-state index in [-0.39, 0.29) is 24.0 Å². The summed E-state index contributed by atoms with van der Waals surface area (Å²) in [6, 6.07) is 6.55. The summed E-state index contributed by atoms with van der Waals surface area (Å²) < 4.78 is 10.7. The number of aliphatic imine (C=N–C) groups is 1. The Morgan fingerprint density at radius 1 is 1.24 bits per heavy atom. The van der Waals surface area contributed by atoms with Crippen LogP contribution in [0, 0.1) is 0 Å². The Labute approximate surface area is 168 Å². The molecular weight excluding hydrogens is 431 g/mol. The lowest BCUT2D eigenvalue weighted by Crippen LogP contribution is -2.42. The maximum Gasteiger partial charge on any atom is 0.231 e. The van der Waals surface area contributed by atoms with E-state index in [1.54, 1.807) is 0 Å². The molecular formula is C18H31IN4O2. The molecule has 0 amide bonds. The number of benzene rings is 1. The molecule has 1 unspecified atom stereocenters. The van der Waals surface area contributed by atoms with Gasteiger partial charge in [0.1, 0.15) is 0 Å².